The third kappa shape index (κ3) is 4.06. The first-order valence-corrected chi connectivity index (χ1v) is 10.9. The number of benzene rings is 3. The van der Waals surface area contributed by atoms with Crippen molar-refractivity contribution >= 4 is 36.8 Å². The molecule has 0 nitrogen and oxygen atoms in total. The summed E-state index contributed by atoms with van der Waals surface area (Å²) in [5, 5.41) is 2.53. The van der Waals surface area contributed by atoms with E-state index in [-0.39, 0.29) is 0 Å². The zero-order valence-corrected chi connectivity index (χ0v) is 18.7. The number of fused-ring (bicyclic) bond motifs is 2. The third-order valence-electron chi connectivity index (χ3n) is 5.51. The van der Waals surface area contributed by atoms with Gasteiger partial charge in [0.1, 0.15) is 0 Å². The maximum Gasteiger partial charge on any atom is 0.0283 e. The molecule has 0 bridgehead atoms. The first-order chi connectivity index (χ1) is 14.0. The third-order valence-corrected chi connectivity index (χ3v) is 6.56. The summed E-state index contributed by atoms with van der Waals surface area (Å²) in [6, 6.07) is 24.0. The van der Waals surface area contributed by atoms with Crippen LogP contribution >= 0.6 is 15.9 Å². The summed E-state index contributed by atoms with van der Waals surface area (Å²) in [7, 11) is 0. The van der Waals surface area contributed by atoms with Gasteiger partial charge in [-0.1, -0.05) is 91.9 Å². The van der Waals surface area contributed by atoms with Crippen molar-refractivity contribution in [2.45, 2.75) is 20.8 Å². The number of allylic oxidation sites excluding steroid dienone is 6. The van der Waals surface area contributed by atoms with Gasteiger partial charge in [-0.05, 0) is 85.9 Å². The first kappa shape index (κ1) is 19.7. The van der Waals surface area contributed by atoms with Gasteiger partial charge in [0, 0.05) is 4.48 Å². The van der Waals surface area contributed by atoms with Crippen LogP contribution in [-0.2, 0) is 0 Å². The molecule has 3 aromatic carbocycles. The molecule has 1 unspecified atom stereocenters. The summed E-state index contributed by atoms with van der Waals surface area (Å²) in [5.74, 6) is 0.374. The van der Waals surface area contributed by atoms with Crippen LogP contribution in [0.4, 0.5) is 0 Å². The molecule has 0 fully saturated rings. The van der Waals surface area contributed by atoms with Crippen LogP contribution in [0.2, 0.25) is 0 Å². The van der Waals surface area contributed by atoms with Crippen molar-refractivity contribution in [2.75, 3.05) is 0 Å². The summed E-state index contributed by atoms with van der Waals surface area (Å²) in [4.78, 5) is 0. The lowest BCUT2D eigenvalue weighted by Gasteiger charge is -2.17. The van der Waals surface area contributed by atoms with Crippen molar-refractivity contribution in [2.24, 2.45) is 5.92 Å². The summed E-state index contributed by atoms with van der Waals surface area (Å²) in [6.07, 6.45) is 9.02. The van der Waals surface area contributed by atoms with Crippen molar-refractivity contribution < 1.29 is 0 Å². The van der Waals surface area contributed by atoms with E-state index in [1.165, 1.54) is 44.2 Å². The maximum absolute atomic E-state index is 3.89. The Labute approximate surface area is 182 Å². The number of rotatable bonds is 1. The maximum atomic E-state index is 3.89. The molecule has 0 saturated carbocycles. The van der Waals surface area contributed by atoms with Crippen LogP contribution < -0.4 is 0 Å². The molecular weight excluding hydrogens is 416 g/mol. The van der Waals surface area contributed by atoms with Gasteiger partial charge in [0.25, 0.3) is 0 Å². The summed E-state index contributed by atoms with van der Waals surface area (Å²) >= 11 is 3.89. The molecular formula is C28H25Br. The van der Waals surface area contributed by atoms with Gasteiger partial charge in [-0.15, -0.1) is 0 Å². The average Bonchev–Trinajstić information content (AvgIpc) is 2.76. The van der Waals surface area contributed by atoms with Crippen LogP contribution in [0.15, 0.2) is 102 Å². The Kier molecular flexibility index (Phi) is 5.69. The first-order valence-electron chi connectivity index (χ1n) is 10.1. The zero-order valence-electron chi connectivity index (χ0n) is 17.1. The van der Waals surface area contributed by atoms with E-state index in [1.54, 1.807) is 0 Å². The van der Waals surface area contributed by atoms with E-state index in [9.17, 15) is 0 Å². The van der Waals surface area contributed by atoms with E-state index >= 15 is 0 Å². The minimum absolute atomic E-state index is 0.374. The molecule has 29 heavy (non-hydrogen) atoms. The van der Waals surface area contributed by atoms with E-state index in [4.69, 9.17) is 0 Å². The van der Waals surface area contributed by atoms with E-state index < -0.39 is 0 Å². The Morgan fingerprint density at radius 3 is 2.07 bits per heavy atom. The van der Waals surface area contributed by atoms with E-state index in [0.29, 0.717) is 5.92 Å². The topological polar surface area (TPSA) is 0 Å². The van der Waals surface area contributed by atoms with E-state index in [0.717, 1.165) is 4.48 Å². The van der Waals surface area contributed by atoms with Crippen molar-refractivity contribution in [1.29, 1.82) is 0 Å². The monoisotopic (exact) mass is 440 g/mol. The highest BCUT2D eigenvalue weighted by molar-refractivity contribution is 9.15. The van der Waals surface area contributed by atoms with Gasteiger partial charge in [-0.2, -0.15) is 0 Å². The molecule has 0 spiro atoms. The standard InChI is InChI=1S/C28H25Br/c1-19-12-14-20(2)27(24-17-16-22-8-4-5-9-23(22)18-24)25-10-6-7-11-26(25)28(29)21(3)15-13-19/h4-19H,1-3H3/b14-12-,15-13-,27-20+,28-21-. The van der Waals surface area contributed by atoms with E-state index in [2.05, 4.69) is 128 Å². The normalized spacial score (nSPS) is 24.6. The molecule has 0 saturated heterocycles. The van der Waals surface area contributed by atoms with Gasteiger partial charge in [0.05, 0.1) is 0 Å². The quantitative estimate of drug-likeness (QED) is 0.355. The lowest BCUT2D eigenvalue weighted by molar-refractivity contribution is 0.937. The molecule has 1 atom stereocenters. The van der Waals surface area contributed by atoms with Crippen LogP contribution in [0.25, 0.3) is 20.8 Å². The SMILES string of the molecule is CC1=C(/Br)c2ccccc2/C(c2ccc3ccccc3c2)=C(C)/C=C\C(C)/C=C\1. The number of halogens is 1. The van der Waals surface area contributed by atoms with Crippen LogP contribution in [0.3, 0.4) is 0 Å². The fourth-order valence-electron chi connectivity index (χ4n) is 3.86. The second-order valence-electron chi connectivity index (χ2n) is 7.74. The largest absolute Gasteiger partial charge is 0.0776 e. The van der Waals surface area contributed by atoms with Gasteiger partial charge in [-0.25, -0.2) is 0 Å². The Balaban J connectivity index is 2.03. The summed E-state index contributed by atoms with van der Waals surface area (Å²) < 4.78 is 1.14. The second-order valence-corrected chi connectivity index (χ2v) is 8.53. The smallest absolute Gasteiger partial charge is 0.0283 e. The van der Waals surface area contributed by atoms with Crippen molar-refractivity contribution in [3.05, 3.63) is 119 Å². The molecule has 0 aliphatic heterocycles. The van der Waals surface area contributed by atoms with Crippen LogP contribution in [-0.4, -0.2) is 0 Å². The van der Waals surface area contributed by atoms with E-state index in [1.807, 2.05) is 0 Å². The number of hydrogen-bond acceptors (Lipinski definition) is 0. The highest BCUT2D eigenvalue weighted by atomic mass is 79.9. The molecule has 144 valence electrons. The molecule has 0 aromatic heterocycles. The van der Waals surface area contributed by atoms with Crippen molar-refractivity contribution in [3.63, 3.8) is 0 Å². The second kappa shape index (κ2) is 8.39. The van der Waals surface area contributed by atoms with Crippen molar-refractivity contribution in [1.82, 2.24) is 0 Å². The van der Waals surface area contributed by atoms with Gasteiger partial charge in [0.15, 0.2) is 0 Å². The average molecular weight is 441 g/mol. The van der Waals surface area contributed by atoms with Gasteiger partial charge in [0.2, 0.25) is 0 Å². The van der Waals surface area contributed by atoms with Crippen molar-refractivity contribution in [3.8, 4) is 0 Å². The highest BCUT2D eigenvalue weighted by Crippen LogP contribution is 2.38. The minimum Gasteiger partial charge on any atom is -0.0776 e. The predicted molar refractivity (Wildman–Crippen MR) is 131 cm³/mol. The Hall–Kier alpha value is -2.64. The van der Waals surface area contributed by atoms with Gasteiger partial charge >= 0.3 is 0 Å². The predicted octanol–water partition coefficient (Wildman–Crippen LogP) is 8.55. The lowest BCUT2D eigenvalue weighted by Crippen LogP contribution is -1.96. The van der Waals surface area contributed by atoms with Gasteiger partial charge in [-0.3, -0.25) is 0 Å². The molecule has 0 N–H and O–H groups in total. The molecule has 1 heteroatoms. The molecule has 4 rings (SSSR count). The Bertz CT molecular complexity index is 1190. The van der Waals surface area contributed by atoms with Crippen LogP contribution in [0, 0.1) is 5.92 Å². The van der Waals surface area contributed by atoms with Crippen LogP contribution in [0.5, 0.6) is 0 Å². The molecule has 1 aliphatic rings. The molecule has 0 heterocycles. The molecule has 0 amide bonds. The van der Waals surface area contributed by atoms with Gasteiger partial charge < -0.3 is 0 Å². The Morgan fingerprint density at radius 2 is 1.31 bits per heavy atom. The fourth-order valence-corrected chi connectivity index (χ4v) is 4.34. The molecule has 1 aliphatic carbocycles. The fraction of sp³-hybridized carbons (Fsp3) is 0.143. The van der Waals surface area contributed by atoms with Crippen LogP contribution in [0.1, 0.15) is 37.5 Å². The Morgan fingerprint density at radius 1 is 0.690 bits per heavy atom. The molecule has 3 aromatic rings. The number of hydrogen-bond donors (Lipinski definition) is 0. The summed E-state index contributed by atoms with van der Waals surface area (Å²) in [6.45, 7) is 6.61. The molecule has 0 radical (unpaired) electrons. The lowest BCUT2D eigenvalue weighted by atomic mass is 9.88. The highest BCUT2D eigenvalue weighted by Gasteiger charge is 2.16. The summed E-state index contributed by atoms with van der Waals surface area (Å²) in [5.41, 5.74) is 7.50. The minimum atomic E-state index is 0.374. The zero-order chi connectivity index (χ0) is 20.4.